The first kappa shape index (κ1) is 25.3. The molecule has 0 aliphatic carbocycles. The number of benzene rings is 3. The van der Waals surface area contributed by atoms with Crippen LogP contribution in [0.25, 0.3) is 0 Å². The third-order valence-corrected chi connectivity index (χ3v) is 14.7. The van der Waals surface area contributed by atoms with E-state index in [1.807, 2.05) is 72.8 Å². The van der Waals surface area contributed by atoms with Crippen molar-refractivity contribution in [3.05, 3.63) is 83.9 Å². The maximum Gasteiger partial charge on any atom is 0.323 e. The van der Waals surface area contributed by atoms with Crippen molar-refractivity contribution in [3.63, 3.8) is 0 Å². The molecule has 1 atom stereocenters. The van der Waals surface area contributed by atoms with Crippen LogP contribution in [0.15, 0.2) is 72.8 Å². The highest BCUT2D eigenvalue weighted by atomic mass is 28.4. The molecule has 4 rings (SSSR count). The molecule has 3 aromatic carbocycles. The van der Waals surface area contributed by atoms with Crippen LogP contribution in [0.4, 0.5) is 0 Å². The second-order valence-corrected chi connectivity index (χ2v) is 21.8. The van der Waals surface area contributed by atoms with Gasteiger partial charge in [0.15, 0.2) is 0 Å². The van der Waals surface area contributed by atoms with Crippen molar-refractivity contribution in [2.24, 2.45) is 0 Å². The molecule has 6 heteroatoms. The van der Waals surface area contributed by atoms with Crippen molar-refractivity contribution in [3.8, 4) is 23.0 Å². The molecule has 0 amide bonds. The summed E-state index contributed by atoms with van der Waals surface area (Å²) < 4.78 is 19.5. The Balaban J connectivity index is 2.02. The van der Waals surface area contributed by atoms with E-state index in [4.69, 9.17) is 13.9 Å². The summed E-state index contributed by atoms with van der Waals surface area (Å²) in [4.78, 5) is 14.5. The highest BCUT2D eigenvalue weighted by Crippen LogP contribution is 2.57. The van der Waals surface area contributed by atoms with E-state index in [-0.39, 0.29) is 11.0 Å². The lowest BCUT2D eigenvalue weighted by molar-refractivity contribution is -0.137. The molecule has 3 aromatic rings. The van der Waals surface area contributed by atoms with Gasteiger partial charge in [0.1, 0.15) is 28.0 Å². The van der Waals surface area contributed by atoms with Crippen LogP contribution in [-0.2, 0) is 9.83 Å². The molecule has 4 nitrogen and oxygen atoms in total. The van der Waals surface area contributed by atoms with Crippen molar-refractivity contribution in [1.29, 1.82) is 0 Å². The standard InChI is InChI=1S/C29H36O4Si2/c1-28(2,3)35(7,8)33-25-20-14-19-24-26(25)29(34(4,5)6,22-17-12-13-18-23(22)32-24)27(30)31-21-15-10-9-11-16-21/h9-20H,1-8H3. The molecule has 1 unspecified atom stereocenters. The summed E-state index contributed by atoms with van der Waals surface area (Å²) in [5.41, 5.74) is 1.64. The fourth-order valence-corrected chi connectivity index (χ4v) is 8.27. The molecule has 35 heavy (non-hydrogen) atoms. The topological polar surface area (TPSA) is 44.8 Å². The number of esters is 1. The Morgan fingerprint density at radius 2 is 1.40 bits per heavy atom. The quantitative estimate of drug-likeness (QED) is 0.201. The van der Waals surface area contributed by atoms with Gasteiger partial charge in [-0.05, 0) is 48.5 Å². The number of hydrogen-bond donors (Lipinski definition) is 0. The molecule has 0 spiro atoms. The third kappa shape index (κ3) is 4.23. The molecule has 0 fully saturated rings. The van der Waals surface area contributed by atoms with Gasteiger partial charge in [-0.1, -0.05) is 82.9 Å². The van der Waals surface area contributed by atoms with E-state index in [9.17, 15) is 4.79 Å². The van der Waals surface area contributed by atoms with Gasteiger partial charge in [0.2, 0.25) is 8.32 Å². The van der Waals surface area contributed by atoms with Crippen LogP contribution in [0.5, 0.6) is 23.0 Å². The summed E-state index contributed by atoms with van der Waals surface area (Å²) in [6, 6.07) is 23.0. The zero-order valence-electron chi connectivity index (χ0n) is 22.1. The molecule has 0 radical (unpaired) electrons. The number of para-hydroxylation sites is 2. The van der Waals surface area contributed by atoms with Gasteiger partial charge in [-0.25, -0.2) is 0 Å². The van der Waals surface area contributed by atoms with E-state index in [0.717, 1.165) is 16.9 Å². The SMILES string of the molecule is CC(C)(C)[Si](C)(C)Oc1cccc2c1C(C(=O)Oc1ccccc1)([Si](C)(C)C)c1ccccc1O2. The summed E-state index contributed by atoms with van der Waals surface area (Å²) in [6.07, 6.45) is 0. The van der Waals surface area contributed by atoms with Crippen LogP contribution in [-0.4, -0.2) is 22.4 Å². The first-order chi connectivity index (χ1) is 16.3. The van der Waals surface area contributed by atoms with Crippen molar-refractivity contribution < 1.29 is 18.7 Å². The Hall–Kier alpha value is -2.84. The lowest BCUT2D eigenvalue weighted by Gasteiger charge is -2.47. The highest BCUT2D eigenvalue weighted by Gasteiger charge is 2.60. The summed E-state index contributed by atoms with van der Waals surface area (Å²) in [5, 5.41) is -1.03. The molecule has 0 saturated carbocycles. The highest BCUT2D eigenvalue weighted by molar-refractivity contribution is 6.83. The van der Waals surface area contributed by atoms with E-state index in [1.54, 1.807) is 0 Å². The zero-order valence-corrected chi connectivity index (χ0v) is 24.1. The van der Waals surface area contributed by atoms with Gasteiger partial charge in [-0.3, -0.25) is 4.79 Å². The van der Waals surface area contributed by atoms with E-state index in [1.165, 1.54) is 0 Å². The molecule has 1 aliphatic heterocycles. The number of hydrogen-bond acceptors (Lipinski definition) is 4. The van der Waals surface area contributed by atoms with Gasteiger partial charge in [0, 0.05) is 5.56 Å². The summed E-state index contributed by atoms with van der Waals surface area (Å²) >= 11 is 0. The molecule has 0 N–H and O–H groups in total. The number of carbonyl (C=O) groups excluding carboxylic acids is 1. The first-order valence-corrected chi connectivity index (χ1v) is 18.6. The number of rotatable bonds is 5. The van der Waals surface area contributed by atoms with Crippen LogP contribution >= 0.6 is 0 Å². The van der Waals surface area contributed by atoms with Crippen LogP contribution in [0.1, 0.15) is 31.9 Å². The van der Waals surface area contributed by atoms with Crippen LogP contribution in [0.3, 0.4) is 0 Å². The predicted molar refractivity (Wildman–Crippen MR) is 147 cm³/mol. The van der Waals surface area contributed by atoms with Gasteiger partial charge in [-0.15, -0.1) is 0 Å². The second-order valence-electron chi connectivity index (χ2n) is 11.8. The smallest absolute Gasteiger partial charge is 0.323 e. The van der Waals surface area contributed by atoms with E-state index in [2.05, 4.69) is 53.5 Å². The fraction of sp³-hybridized carbons (Fsp3) is 0.345. The first-order valence-electron chi connectivity index (χ1n) is 12.2. The fourth-order valence-electron chi connectivity index (χ4n) is 4.57. The molecule has 1 aliphatic rings. The maximum atomic E-state index is 14.5. The van der Waals surface area contributed by atoms with E-state index >= 15 is 0 Å². The van der Waals surface area contributed by atoms with Crippen LogP contribution in [0, 0.1) is 0 Å². The molecular weight excluding hydrogens is 468 g/mol. The predicted octanol–water partition coefficient (Wildman–Crippen LogP) is 7.95. The molecule has 1 heterocycles. The Morgan fingerprint density at radius 1 is 0.800 bits per heavy atom. The molecule has 0 saturated heterocycles. The average Bonchev–Trinajstić information content (AvgIpc) is 2.76. The minimum absolute atomic E-state index is 0.00444. The van der Waals surface area contributed by atoms with Crippen molar-refractivity contribution in [1.82, 2.24) is 0 Å². The lowest BCUT2D eigenvalue weighted by atomic mass is 9.85. The van der Waals surface area contributed by atoms with Gasteiger partial charge in [0.25, 0.3) is 0 Å². The van der Waals surface area contributed by atoms with Gasteiger partial charge >= 0.3 is 5.97 Å². The minimum atomic E-state index is -2.40. The van der Waals surface area contributed by atoms with Crippen molar-refractivity contribution in [2.75, 3.05) is 0 Å². The van der Waals surface area contributed by atoms with E-state index in [0.29, 0.717) is 17.2 Å². The summed E-state index contributed by atoms with van der Waals surface area (Å²) in [6.45, 7) is 17.8. The average molecular weight is 505 g/mol. The van der Waals surface area contributed by atoms with Gasteiger partial charge in [-0.2, -0.15) is 0 Å². The lowest BCUT2D eigenvalue weighted by Crippen LogP contribution is -2.59. The number of carbonyl (C=O) groups is 1. The number of ether oxygens (including phenoxy) is 2. The third-order valence-electron chi connectivity index (χ3n) is 7.43. The molecule has 0 aromatic heterocycles. The normalized spacial score (nSPS) is 17.6. The Bertz CT molecular complexity index is 1240. The zero-order chi connectivity index (χ0) is 25.6. The number of fused-ring (bicyclic) bond motifs is 2. The van der Waals surface area contributed by atoms with Crippen LogP contribution in [0.2, 0.25) is 37.8 Å². The Morgan fingerprint density at radius 3 is 2.03 bits per heavy atom. The largest absolute Gasteiger partial charge is 0.543 e. The monoisotopic (exact) mass is 504 g/mol. The summed E-state index contributed by atoms with van der Waals surface area (Å²) in [5.74, 6) is 2.31. The summed E-state index contributed by atoms with van der Waals surface area (Å²) in [7, 11) is -4.62. The van der Waals surface area contributed by atoms with E-state index < -0.39 is 21.4 Å². The molecule has 184 valence electrons. The Labute approximate surface area is 211 Å². The minimum Gasteiger partial charge on any atom is -0.543 e. The van der Waals surface area contributed by atoms with Crippen LogP contribution < -0.4 is 13.9 Å². The Kier molecular flexibility index (Phi) is 6.26. The van der Waals surface area contributed by atoms with Gasteiger partial charge in [0.05, 0.1) is 13.6 Å². The van der Waals surface area contributed by atoms with Gasteiger partial charge < -0.3 is 13.9 Å². The molecular formula is C29H36O4Si2. The second kappa shape index (κ2) is 8.68. The maximum absolute atomic E-state index is 14.5. The van der Waals surface area contributed by atoms with Crippen molar-refractivity contribution in [2.45, 2.75) is 63.6 Å². The molecule has 0 bridgehead atoms. The van der Waals surface area contributed by atoms with Crippen molar-refractivity contribution >= 4 is 22.4 Å².